The highest BCUT2D eigenvalue weighted by atomic mass is 35.5. The van der Waals surface area contributed by atoms with Crippen molar-refractivity contribution in [3.63, 3.8) is 0 Å². The second-order valence-electron chi connectivity index (χ2n) is 5.03. The lowest BCUT2D eigenvalue weighted by Gasteiger charge is -2.13. The molecule has 0 unspecified atom stereocenters. The molecule has 0 radical (unpaired) electrons. The van der Waals surface area contributed by atoms with E-state index in [1.807, 2.05) is 38.1 Å². The van der Waals surface area contributed by atoms with Gasteiger partial charge in [0.1, 0.15) is 0 Å². The number of nitrogens with one attached hydrogen (secondary N) is 1. The number of hydrogen-bond acceptors (Lipinski definition) is 3. The maximum absolute atomic E-state index is 12.4. The van der Waals surface area contributed by atoms with Crippen LogP contribution in [0.5, 0.6) is 11.5 Å². The standard InChI is InChI=1S/C18H20ClNO3/c1-4-23-17-15(19)9-14(10-16(17)22-3)18(21)20-11-13-8-6-5-7-12(13)2/h5-10H,4,11H2,1-3H3,(H,20,21). The van der Waals surface area contributed by atoms with Crippen molar-refractivity contribution in [1.82, 2.24) is 5.32 Å². The topological polar surface area (TPSA) is 47.6 Å². The minimum atomic E-state index is -0.212. The summed E-state index contributed by atoms with van der Waals surface area (Å²) in [6.07, 6.45) is 0. The summed E-state index contributed by atoms with van der Waals surface area (Å²) in [6.45, 7) is 4.80. The molecule has 2 aromatic rings. The zero-order valence-corrected chi connectivity index (χ0v) is 14.2. The van der Waals surface area contributed by atoms with E-state index >= 15 is 0 Å². The first-order chi connectivity index (χ1) is 11.1. The number of rotatable bonds is 6. The van der Waals surface area contributed by atoms with Crippen molar-refractivity contribution >= 4 is 17.5 Å². The number of methoxy groups -OCH3 is 1. The first kappa shape index (κ1) is 17.2. The lowest BCUT2D eigenvalue weighted by atomic mass is 10.1. The monoisotopic (exact) mass is 333 g/mol. The Morgan fingerprint density at radius 2 is 2.00 bits per heavy atom. The van der Waals surface area contributed by atoms with Gasteiger partial charge in [0.2, 0.25) is 0 Å². The van der Waals surface area contributed by atoms with E-state index in [0.717, 1.165) is 11.1 Å². The smallest absolute Gasteiger partial charge is 0.251 e. The highest BCUT2D eigenvalue weighted by Crippen LogP contribution is 2.36. The zero-order chi connectivity index (χ0) is 16.8. The molecule has 5 heteroatoms. The van der Waals surface area contributed by atoms with Gasteiger partial charge in [-0.05, 0) is 37.1 Å². The molecule has 4 nitrogen and oxygen atoms in total. The highest BCUT2D eigenvalue weighted by Gasteiger charge is 2.15. The van der Waals surface area contributed by atoms with E-state index < -0.39 is 0 Å². The number of carbonyl (C=O) groups is 1. The van der Waals surface area contributed by atoms with Crippen LogP contribution in [0.4, 0.5) is 0 Å². The van der Waals surface area contributed by atoms with E-state index in [1.54, 1.807) is 12.1 Å². The predicted octanol–water partition coefficient (Wildman–Crippen LogP) is 3.99. The predicted molar refractivity (Wildman–Crippen MR) is 91.5 cm³/mol. The van der Waals surface area contributed by atoms with Crippen LogP contribution in [0.15, 0.2) is 36.4 Å². The first-order valence-corrected chi connectivity index (χ1v) is 7.77. The second-order valence-corrected chi connectivity index (χ2v) is 5.44. The lowest BCUT2D eigenvalue weighted by molar-refractivity contribution is 0.0950. The average molecular weight is 334 g/mol. The molecule has 0 aliphatic heterocycles. The summed E-state index contributed by atoms with van der Waals surface area (Å²) >= 11 is 6.19. The molecule has 0 aliphatic carbocycles. The molecule has 0 bridgehead atoms. The van der Waals surface area contributed by atoms with Gasteiger partial charge in [0.15, 0.2) is 11.5 Å². The van der Waals surface area contributed by atoms with Crippen LogP contribution in [0.1, 0.15) is 28.4 Å². The lowest BCUT2D eigenvalue weighted by Crippen LogP contribution is -2.23. The maximum Gasteiger partial charge on any atom is 0.251 e. The molecule has 0 saturated carbocycles. The summed E-state index contributed by atoms with van der Waals surface area (Å²) in [5.74, 6) is 0.684. The van der Waals surface area contributed by atoms with Crippen LogP contribution in [0.3, 0.4) is 0 Å². The Balaban J connectivity index is 2.16. The normalized spacial score (nSPS) is 10.3. The van der Waals surface area contributed by atoms with Gasteiger partial charge in [0.05, 0.1) is 18.7 Å². The van der Waals surface area contributed by atoms with E-state index in [4.69, 9.17) is 21.1 Å². The molecule has 23 heavy (non-hydrogen) atoms. The van der Waals surface area contributed by atoms with Crippen molar-refractivity contribution in [3.8, 4) is 11.5 Å². The first-order valence-electron chi connectivity index (χ1n) is 7.39. The van der Waals surface area contributed by atoms with Crippen molar-refractivity contribution < 1.29 is 14.3 Å². The van der Waals surface area contributed by atoms with Crippen LogP contribution in [0.25, 0.3) is 0 Å². The third-order valence-corrected chi connectivity index (χ3v) is 3.76. The number of hydrogen-bond donors (Lipinski definition) is 1. The van der Waals surface area contributed by atoms with Gasteiger partial charge < -0.3 is 14.8 Å². The number of ether oxygens (including phenoxy) is 2. The fraction of sp³-hybridized carbons (Fsp3) is 0.278. The van der Waals surface area contributed by atoms with E-state index in [1.165, 1.54) is 7.11 Å². The molecule has 0 atom stereocenters. The van der Waals surface area contributed by atoms with Crippen LogP contribution >= 0.6 is 11.6 Å². The van der Waals surface area contributed by atoms with Gasteiger partial charge in [0, 0.05) is 12.1 Å². The fourth-order valence-electron chi connectivity index (χ4n) is 2.22. The number of aryl methyl sites for hydroxylation is 1. The van der Waals surface area contributed by atoms with Gasteiger partial charge in [-0.1, -0.05) is 35.9 Å². The van der Waals surface area contributed by atoms with Crippen molar-refractivity contribution in [2.75, 3.05) is 13.7 Å². The second kappa shape index (κ2) is 7.88. The summed E-state index contributed by atoms with van der Waals surface area (Å²) in [5, 5.41) is 3.25. The van der Waals surface area contributed by atoms with E-state index in [2.05, 4.69) is 5.32 Å². The Bertz CT molecular complexity index is 701. The summed E-state index contributed by atoms with van der Waals surface area (Å²) in [4.78, 5) is 12.4. The molecule has 0 heterocycles. The Morgan fingerprint density at radius 1 is 1.26 bits per heavy atom. The summed E-state index contributed by atoms with van der Waals surface area (Å²) < 4.78 is 10.7. The van der Waals surface area contributed by atoms with Gasteiger partial charge in [-0.25, -0.2) is 0 Å². The number of benzene rings is 2. The number of carbonyl (C=O) groups excluding carboxylic acids is 1. The molecular weight excluding hydrogens is 314 g/mol. The SMILES string of the molecule is CCOc1c(Cl)cc(C(=O)NCc2ccccc2C)cc1OC. The maximum atomic E-state index is 12.4. The van der Waals surface area contributed by atoms with Gasteiger partial charge >= 0.3 is 0 Å². The van der Waals surface area contributed by atoms with Crippen LogP contribution < -0.4 is 14.8 Å². The molecule has 0 fully saturated rings. The van der Waals surface area contributed by atoms with Crippen molar-refractivity contribution in [2.24, 2.45) is 0 Å². The van der Waals surface area contributed by atoms with Crippen molar-refractivity contribution in [1.29, 1.82) is 0 Å². The van der Waals surface area contributed by atoms with Crippen molar-refractivity contribution in [3.05, 3.63) is 58.1 Å². The van der Waals surface area contributed by atoms with Crippen molar-refractivity contribution in [2.45, 2.75) is 20.4 Å². The molecule has 1 N–H and O–H groups in total. The van der Waals surface area contributed by atoms with Crippen LogP contribution in [0.2, 0.25) is 5.02 Å². The van der Waals surface area contributed by atoms with E-state index in [-0.39, 0.29) is 5.91 Å². The molecule has 0 aromatic heterocycles. The zero-order valence-electron chi connectivity index (χ0n) is 13.5. The molecule has 2 rings (SSSR count). The molecule has 122 valence electrons. The molecule has 0 aliphatic rings. The largest absolute Gasteiger partial charge is 0.493 e. The third-order valence-electron chi connectivity index (χ3n) is 3.48. The third kappa shape index (κ3) is 4.17. The number of halogens is 1. The van der Waals surface area contributed by atoms with Gasteiger partial charge in [0.25, 0.3) is 5.91 Å². The molecule has 2 aromatic carbocycles. The van der Waals surface area contributed by atoms with Crippen LogP contribution in [0, 0.1) is 6.92 Å². The number of amides is 1. The quantitative estimate of drug-likeness (QED) is 0.869. The molecule has 0 saturated heterocycles. The van der Waals surface area contributed by atoms with Crippen LogP contribution in [-0.2, 0) is 6.54 Å². The van der Waals surface area contributed by atoms with E-state index in [0.29, 0.717) is 35.2 Å². The molecular formula is C18H20ClNO3. The van der Waals surface area contributed by atoms with Crippen LogP contribution in [-0.4, -0.2) is 19.6 Å². The van der Waals surface area contributed by atoms with Gasteiger partial charge in [-0.3, -0.25) is 4.79 Å². The Labute approximate surface area is 141 Å². The summed E-state index contributed by atoms with van der Waals surface area (Å²) in [5.41, 5.74) is 2.64. The minimum absolute atomic E-state index is 0.212. The molecule has 1 amide bonds. The Kier molecular flexibility index (Phi) is 5.88. The Hall–Kier alpha value is -2.20. The average Bonchev–Trinajstić information content (AvgIpc) is 2.55. The van der Waals surface area contributed by atoms with E-state index in [9.17, 15) is 4.79 Å². The Morgan fingerprint density at radius 3 is 2.65 bits per heavy atom. The van der Waals surface area contributed by atoms with Gasteiger partial charge in [-0.2, -0.15) is 0 Å². The minimum Gasteiger partial charge on any atom is -0.493 e. The fourth-order valence-corrected chi connectivity index (χ4v) is 2.49. The van der Waals surface area contributed by atoms with Gasteiger partial charge in [-0.15, -0.1) is 0 Å². The molecule has 0 spiro atoms. The highest BCUT2D eigenvalue weighted by molar-refractivity contribution is 6.32. The summed E-state index contributed by atoms with van der Waals surface area (Å²) in [6, 6.07) is 11.1. The summed E-state index contributed by atoms with van der Waals surface area (Å²) in [7, 11) is 1.52.